The van der Waals surface area contributed by atoms with Gasteiger partial charge in [-0.25, -0.2) is 0 Å². The molecule has 0 bridgehead atoms. The van der Waals surface area contributed by atoms with Crippen molar-refractivity contribution in [2.45, 2.75) is 65.1 Å². The molecule has 84 valence electrons. The zero-order valence-electron chi connectivity index (χ0n) is 9.87. The van der Waals surface area contributed by atoms with E-state index in [1.54, 1.807) is 0 Å². The molecule has 0 amide bonds. The quantitative estimate of drug-likeness (QED) is 0.704. The zero-order chi connectivity index (χ0) is 10.6. The fourth-order valence-electron chi connectivity index (χ4n) is 2.69. The zero-order valence-corrected chi connectivity index (χ0v) is 9.87. The molecule has 14 heavy (non-hydrogen) atoms. The predicted octanol–water partition coefficient (Wildman–Crippen LogP) is 2.62. The van der Waals surface area contributed by atoms with E-state index in [9.17, 15) is 5.11 Å². The summed E-state index contributed by atoms with van der Waals surface area (Å²) in [7, 11) is 0. The van der Waals surface area contributed by atoms with Crippen LogP contribution in [0.5, 0.6) is 0 Å². The Morgan fingerprint density at radius 1 is 1.29 bits per heavy atom. The first-order chi connectivity index (χ1) is 6.70. The molecule has 0 saturated heterocycles. The highest BCUT2D eigenvalue weighted by atomic mass is 16.3. The van der Waals surface area contributed by atoms with Crippen molar-refractivity contribution >= 4 is 0 Å². The van der Waals surface area contributed by atoms with Crippen LogP contribution in [0.4, 0.5) is 0 Å². The molecule has 0 aromatic rings. The smallest absolute Gasteiger partial charge is 0.107 e. The van der Waals surface area contributed by atoms with Crippen molar-refractivity contribution in [3.05, 3.63) is 0 Å². The van der Waals surface area contributed by atoms with Gasteiger partial charge in [-0.15, -0.1) is 0 Å². The number of rotatable bonds is 4. The molecule has 0 aliphatic heterocycles. The van der Waals surface area contributed by atoms with Gasteiger partial charge in [-0.1, -0.05) is 33.6 Å². The van der Waals surface area contributed by atoms with Crippen LogP contribution in [-0.4, -0.2) is 28.8 Å². The van der Waals surface area contributed by atoms with Gasteiger partial charge in [-0.3, -0.25) is 4.90 Å². The molecule has 2 nitrogen and oxygen atoms in total. The fraction of sp³-hybridized carbons (Fsp3) is 1.00. The van der Waals surface area contributed by atoms with Crippen molar-refractivity contribution in [1.29, 1.82) is 0 Å². The monoisotopic (exact) mass is 199 g/mol. The lowest BCUT2D eigenvalue weighted by Gasteiger charge is -2.40. The summed E-state index contributed by atoms with van der Waals surface area (Å²) in [5.41, 5.74) is 0. The molecule has 1 rings (SSSR count). The minimum atomic E-state index is -0.231. The maximum Gasteiger partial charge on any atom is 0.107 e. The molecule has 1 aliphatic carbocycles. The molecule has 1 N–H and O–H groups in total. The molecule has 1 fully saturated rings. The minimum absolute atomic E-state index is 0.231. The predicted molar refractivity (Wildman–Crippen MR) is 60.1 cm³/mol. The molecule has 1 saturated carbocycles. The average Bonchev–Trinajstić information content (AvgIpc) is 2.21. The average molecular weight is 199 g/mol. The number of aliphatic hydroxyl groups excluding tert-OH is 1. The number of aliphatic hydroxyl groups is 1. The van der Waals surface area contributed by atoms with Crippen molar-refractivity contribution in [2.24, 2.45) is 5.92 Å². The van der Waals surface area contributed by atoms with Crippen molar-refractivity contribution < 1.29 is 5.11 Å². The SMILES string of the molecule is CCC(O)N(CC)C1CCCCC1C. The van der Waals surface area contributed by atoms with Gasteiger partial charge in [0.05, 0.1) is 0 Å². The van der Waals surface area contributed by atoms with Crippen molar-refractivity contribution in [3.63, 3.8) is 0 Å². The van der Waals surface area contributed by atoms with Crippen LogP contribution < -0.4 is 0 Å². The van der Waals surface area contributed by atoms with Gasteiger partial charge >= 0.3 is 0 Å². The van der Waals surface area contributed by atoms with E-state index in [1.165, 1.54) is 25.7 Å². The molecule has 1 aliphatic rings. The van der Waals surface area contributed by atoms with Crippen LogP contribution in [-0.2, 0) is 0 Å². The third-order valence-electron chi connectivity index (χ3n) is 3.61. The van der Waals surface area contributed by atoms with Crippen LogP contribution in [0.1, 0.15) is 52.9 Å². The van der Waals surface area contributed by atoms with Crippen LogP contribution in [0.3, 0.4) is 0 Å². The van der Waals surface area contributed by atoms with Gasteiger partial charge in [0.2, 0.25) is 0 Å². The van der Waals surface area contributed by atoms with Gasteiger partial charge in [0.15, 0.2) is 0 Å². The van der Waals surface area contributed by atoms with E-state index >= 15 is 0 Å². The van der Waals surface area contributed by atoms with Gasteiger partial charge < -0.3 is 5.11 Å². The number of nitrogens with zero attached hydrogens (tertiary/aromatic N) is 1. The Morgan fingerprint density at radius 3 is 2.43 bits per heavy atom. The summed E-state index contributed by atoms with van der Waals surface area (Å²) in [6.07, 6.45) is 5.92. The van der Waals surface area contributed by atoms with Crippen LogP contribution in [0.15, 0.2) is 0 Å². The van der Waals surface area contributed by atoms with Crippen LogP contribution in [0, 0.1) is 5.92 Å². The van der Waals surface area contributed by atoms with Crippen molar-refractivity contribution in [2.75, 3.05) is 6.54 Å². The first-order valence-corrected chi connectivity index (χ1v) is 6.14. The first-order valence-electron chi connectivity index (χ1n) is 6.14. The molecule has 2 heteroatoms. The molecule has 0 heterocycles. The third kappa shape index (κ3) is 2.71. The Balaban J connectivity index is 2.57. The Bertz CT molecular complexity index is 156. The second-order valence-electron chi connectivity index (χ2n) is 4.55. The number of hydrogen-bond donors (Lipinski definition) is 1. The van der Waals surface area contributed by atoms with E-state index in [0.29, 0.717) is 6.04 Å². The first kappa shape index (κ1) is 12.0. The van der Waals surface area contributed by atoms with Crippen LogP contribution in [0.2, 0.25) is 0 Å². The third-order valence-corrected chi connectivity index (χ3v) is 3.61. The summed E-state index contributed by atoms with van der Waals surface area (Å²) >= 11 is 0. The van der Waals surface area contributed by atoms with E-state index in [-0.39, 0.29) is 6.23 Å². The van der Waals surface area contributed by atoms with Gasteiger partial charge in [-0.2, -0.15) is 0 Å². The fourth-order valence-corrected chi connectivity index (χ4v) is 2.69. The molecule has 0 spiro atoms. The normalized spacial score (nSPS) is 30.6. The highest BCUT2D eigenvalue weighted by Crippen LogP contribution is 2.29. The standard InChI is InChI=1S/C12H25NO/c1-4-12(14)13(5-2)11-9-7-6-8-10(11)3/h10-12,14H,4-9H2,1-3H3. The lowest BCUT2D eigenvalue weighted by atomic mass is 9.84. The van der Waals surface area contributed by atoms with Crippen molar-refractivity contribution in [3.8, 4) is 0 Å². The lowest BCUT2D eigenvalue weighted by Crippen LogP contribution is -2.47. The molecule has 3 unspecified atom stereocenters. The van der Waals surface area contributed by atoms with Gasteiger partial charge in [-0.05, 0) is 31.7 Å². The summed E-state index contributed by atoms with van der Waals surface area (Å²) < 4.78 is 0. The highest BCUT2D eigenvalue weighted by molar-refractivity contribution is 4.81. The largest absolute Gasteiger partial charge is 0.378 e. The maximum atomic E-state index is 9.91. The summed E-state index contributed by atoms with van der Waals surface area (Å²) in [6, 6.07) is 0.615. The van der Waals surface area contributed by atoms with Gasteiger partial charge in [0.25, 0.3) is 0 Å². The maximum absolute atomic E-state index is 9.91. The van der Waals surface area contributed by atoms with Crippen LogP contribution >= 0.6 is 0 Å². The molecule has 0 radical (unpaired) electrons. The topological polar surface area (TPSA) is 23.5 Å². The summed E-state index contributed by atoms with van der Waals surface area (Å²) in [5, 5.41) is 9.91. The molecule has 3 atom stereocenters. The van der Waals surface area contributed by atoms with Crippen LogP contribution in [0.25, 0.3) is 0 Å². The molecule has 0 aromatic heterocycles. The molecule has 0 aromatic carbocycles. The molecular weight excluding hydrogens is 174 g/mol. The van der Waals surface area contributed by atoms with Gasteiger partial charge in [0, 0.05) is 6.04 Å². The Labute approximate surface area is 88.3 Å². The van der Waals surface area contributed by atoms with E-state index < -0.39 is 0 Å². The molecular formula is C12H25NO. The Morgan fingerprint density at radius 2 is 1.93 bits per heavy atom. The highest BCUT2D eigenvalue weighted by Gasteiger charge is 2.29. The Hall–Kier alpha value is -0.0800. The van der Waals surface area contributed by atoms with E-state index in [4.69, 9.17) is 0 Å². The van der Waals surface area contributed by atoms with E-state index in [1.807, 2.05) is 0 Å². The lowest BCUT2D eigenvalue weighted by molar-refractivity contribution is -0.0470. The second kappa shape index (κ2) is 5.72. The summed E-state index contributed by atoms with van der Waals surface area (Å²) in [4.78, 5) is 2.28. The van der Waals surface area contributed by atoms with Gasteiger partial charge in [0.1, 0.15) is 6.23 Å². The van der Waals surface area contributed by atoms with Crippen molar-refractivity contribution in [1.82, 2.24) is 4.90 Å². The van der Waals surface area contributed by atoms with E-state index in [0.717, 1.165) is 18.9 Å². The number of hydrogen-bond acceptors (Lipinski definition) is 2. The van der Waals surface area contributed by atoms with E-state index in [2.05, 4.69) is 25.7 Å². The Kier molecular flexibility index (Phi) is 4.90. The minimum Gasteiger partial charge on any atom is -0.378 e. The summed E-state index contributed by atoms with van der Waals surface area (Å²) in [5.74, 6) is 0.755. The second-order valence-corrected chi connectivity index (χ2v) is 4.55. The summed E-state index contributed by atoms with van der Waals surface area (Å²) in [6.45, 7) is 7.51.